The molecule has 18 heavy (non-hydrogen) atoms. The standard InChI is InChI=1S/C14H30N2O2/c1-5-7-11-16(4)12-9-8-10-14(3,15)13(17)18-6-2/h5-12,15H2,1-4H3. The monoisotopic (exact) mass is 258 g/mol. The predicted molar refractivity (Wildman–Crippen MR) is 75.5 cm³/mol. The maximum atomic E-state index is 11.6. The first-order chi connectivity index (χ1) is 8.44. The Bertz CT molecular complexity index is 230. The van der Waals surface area contributed by atoms with Gasteiger partial charge in [-0.1, -0.05) is 13.3 Å². The molecule has 0 aromatic rings. The highest BCUT2D eigenvalue weighted by Crippen LogP contribution is 2.13. The van der Waals surface area contributed by atoms with Gasteiger partial charge >= 0.3 is 5.97 Å². The Kier molecular flexibility index (Phi) is 9.02. The molecular formula is C14H30N2O2. The van der Waals surface area contributed by atoms with Crippen LogP contribution in [0.2, 0.25) is 0 Å². The zero-order valence-corrected chi connectivity index (χ0v) is 12.5. The molecule has 108 valence electrons. The van der Waals surface area contributed by atoms with Gasteiger partial charge in [0.2, 0.25) is 0 Å². The van der Waals surface area contributed by atoms with Crippen LogP contribution in [-0.2, 0) is 9.53 Å². The van der Waals surface area contributed by atoms with Gasteiger partial charge in [-0.15, -0.1) is 0 Å². The van der Waals surface area contributed by atoms with Crippen molar-refractivity contribution in [2.75, 3.05) is 26.7 Å². The van der Waals surface area contributed by atoms with E-state index >= 15 is 0 Å². The van der Waals surface area contributed by atoms with Gasteiger partial charge in [0.1, 0.15) is 5.54 Å². The molecule has 4 heteroatoms. The zero-order chi connectivity index (χ0) is 14.0. The number of unbranched alkanes of at least 4 members (excludes halogenated alkanes) is 2. The summed E-state index contributed by atoms with van der Waals surface area (Å²) in [6, 6.07) is 0. The SMILES string of the molecule is CCCCN(C)CCCCC(C)(N)C(=O)OCC. The van der Waals surface area contributed by atoms with Gasteiger partial charge in [0.25, 0.3) is 0 Å². The van der Waals surface area contributed by atoms with Crippen LogP contribution in [0.25, 0.3) is 0 Å². The quantitative estimate of drug-likeness (QED) is 0.482. The van der Waals surface area contributed by atoms with E-state index in [4.69, 9.17) is 10.5 Å². The fourth-order valence-electron chi connectivity index (χ4n) is 1.81. The van der Waals surface area contributed by atoms with Crippen LogP contribution in [0.1, 0.15) is 52.9 Å². The number of carbonyl (C=O) groups is 1. The van der Waals surface area contributed by atoms with E-state index in [0.717, 1.165) is 25.9 Å². The largest absolute Gasteiger partial charge is 0.465 e. The second-order valence-corrected chi connectivity index (χ2v) is 5.25. The molecule has 0 spiro atoms. The van der Waals surface area contributed by atoms with Crippen LogP contribution >= 0.6 is 0 Å². The number of nitrogens with two attached hydrogens (primary N) is 1. The van der Waals surface area contributed by atoms with Crippen LogP contribution in [0.15, 0.2) is 0 Å². The lowest BCUT2D eigenvalue weighted by molar-refractivity contribution is -0.149. The van der Waals surface area contributed by atoms with Gasteiger partial charge < -0.3 is 15.4 Å². The topological polar surface area (TPSA) is 55.6 Å². The molecule has 0 heterocycles. The summed E-state index contributed by atoms with van der Waals surface area (Å²) in [5.74, 6) is -0.288. The van der Waals surface area contributed by atoms with E-state index in [1.165, 1.54) is 12.8 Å². The summed E-state index contributed by atoms with van der Waals surface area (Å²) in [5.41, 5.74) is 5.12. The van der Waals surface area contributed by atoms with Crippen LogP contribution in [0.4, 0.5) is 0 Å². The highest BCUT2D eigenvalue weighted by molar-refractivity contribution is 5.79. The van der Waals surface area contributed by atoms with Crippen molar-refractivity contribution in [1.29, 1.82) is 0 Å². The van der Waals surface area contributed by atoms with Gasteiger partial charge in [-0.3, -0.25) is 4.79 Å². The normalized spacial score (nSPS) is 14.6. The molecule has 0 saturated carbocycles. The Balaban J connectivity index is 3.73. The van der Waals surface area contributed by atoms with Crippen LogP contribution in [0, 0.1) is 0 Å². The van der Waals surface area contributed by atoms with E-state index < -0.39 is 5.54 Å². The first kappa shape index (κ1) is 17.4. The summed E-state index contributed by atoms with van der Waals surface area (Å²) >= 11 is 0. The van der Waals surface area contributed by atoms with E-state index in [1.807, 2.05) is 0 Å². The van der Waals surface area contributed by atoms with Crippen LogP contribution in [0.3, 0.4) is 0 Å². The molecule has 0 aliphatic carbocycles. The number of rotatable bonds is 10. The van der Waals surface area contributed by atoms with Crippen molar-refractivity contribution in [3.8, 4) is 0 Å². The third kappa shape index (κ3) is 7.67. The smallest absolute Gasteiger partial charge is 0.325 e. The van der Waals surface area contributed by atoms with Crippen LogP contribution in [0.5, 0.6) is 0 Å². The number of hydrogen-bond donors (Lipinski definition) is 1. The Morgan fingerprint density at radius 1 is 1.22 bits per heavy atom. The molecule has 2 N–H and O–H groups in total. The fourth-order valence-corrected chi connectivity index (χ4v) is 1.81. The summed E-state index contributed by atoms with van der Waals surface area (Å²) in [5, 5.41) is 0. The molecule has 0 aliphatic rings. The van der Waals surface area contributed by atoms with Gasteiger partial charge in [-0.2, -0.15) is 0 Å². The van der Waals surface area contributed by atoms with E-state index in [2.05, 4.69) is 18.9 Å². The minimum absolute atomic E-state index is 0.288. The lowest BCUT2D eigenvalue weighted by Crippen LogP contribution is -2.46. The molecule has 0 fully saturated rings. The number of hydrogen-bond acceptors (Lipinski definition) is 4. The summed E-state index contributed by atoms with van der Waals surface area (Å²) in [6.07, 6.45) is 5.20. The highest BCUT2D eigenvalue weighted by atomic mass is 16.5. The third-order valence-corrected chi connectivity index (χ3v) is 3.12. The van der Waals surface area contributed by atoms with Crippen molar-refractivity contribution in [2.24, 2.45) is 5.73 Å². The van der Waals surface area contributed by atoms with Crippen molar-refractivity contribution in [3.05, 3.63) is 0 Å². The molecule has 1 unspecified atom stereocenters. The maximum absolute atomic E-state index is 11.6. The Morgan fingerprint density at radius 2 is 1.83 bits per heavy atom. The second-order valence-electron chi connectivity index (χ2n) is 5.25. The summed E-state index contributed by atoms with van der Waals surface area (Å²) < 4.78 is 4.96. The third-order valence-electron chi connectivity index (χ3n) is 3.12. The summed E-state index contributed by atoms with van der Waals surface area (Å²) in [6.45, 7) is 8.37. The van der Waals surface area contributed by atoms with Gasteiger partial charge in [0.05, 0.1) is 6.61 Å². The minimum atomic E-state index is -0.835. The Morgan fingerprint density at radius 3 is 2.39 bits per heavy atom. The Hall–Kier alpha value is -0.610. The van der Waals surface area contributed by atoms with E-state index in [-0.39, 0.29) is 5.97 Å². The van der Waals surface area contributed by atoms with Crippen molar-refractivity contribution in [1.82, 2.24) is 4.90 Å². The lowest BCUT2D eigenvalue weighted by Gasteiger charge is -2.22. The minimum Gasteiger partial charge on any atom is -0.465 e. The van der Waals surface area contributed by atoms with Crippen LogP contribution < -0.4 is 5.73 Å². The molecule has 0 aromatic heterocycles. The van der Waals surface area contributed by atoms with E-state index in [1.54, 1.807) is 13.8 Å². The lowest BCUT2D eigenvalue weighted by atomic mass is 9.96. The fraction of sp³-hybridized carbons (Fsp3) is 0.929. The Labute approximate surface area is 112 Å². The molecule has 0 bridgehead atoms. The molecular weight excluding hydrogens is 228 g/mol. The molecule has 0 aliphatic heterocycles. The maximum Gasteiger partial charge on any atom is 0.325 e. The first-order valence-corrected chi connectivity index (χ1v) is 7.08. The first-order valence-electron chi connectivity index (χ1n) is 7.08. The average molecular weight is 258 g/mol. The van der Waals surface area contributed by atoms with Crippen molar-refractivity contribution >= 4 is 5.97 Å². The molecule has 4 nitrogen and oxygen atoms in total. The molecule has 0 saturated heterocycles. The van der Waals surface area contributed by atoms with Crippen molar-refractivity contribution in [3.63, 3.8) is 0 Å². The molecule has 0 rings (SSSR count). The van der Waals surface area contributed by atoms with Gasteiger partial charge in [0, 0.05) is 0 Å². The number of nitrogens with zero attached hydrogens (tertiary/aromatic N) is 1. The molecule has 1 atom stereocenters. The average Bonchev–Trinajstić information content (AvgIpc) is 2.32. The summed E-state index contributed by atoms with van der Waals surface area (Å²) in [4.78, 5) is 13.9. The number of carbonyl (C=O) groups excluding carboxylic acids is 1. The van der Waals surface area contributed by atoms with Crippen LogP contribution in [-0.4, -0.2) is 43.2 Å². The summed E-state index contributed by atoms with van der Waals surface area (Å²) in [7, 11) is 2.14. The molecule has 0 amide bonds. The van der Waals surface area contributed by atoms with Gasteiger partial charge in [-0.25, -0.2) is 0 Å². The van der Waals surface area contributed by atoms with Gasteiger partial charge in [-0.05, 0) is 59.7 Å². The van der Waals surface area contributed by atoms with Crippen molar-refractivity contribution < 1.29 is 9.53 Å². The zero-order valence-electron chi connectivity index (χ0n) is 12.5. The highest BCUT2D eigenvalue weighted by Gasteiger charge is 2.28. The second kappa shape index (κ2) is 9.34. The number of esters is 1. The van der Waals surface area contributed by atoms with E-state index in [9.17, 15) is 4.79 Å². The van der Waals surface area contributed by atoms with E-state index in [0.29, 0.717) is 13.0 Å². The van der Waals surface area contributed by atoms with Gasteiger partial charge in [0.15, 0.2) is 0 Å². The van der Waals surface area contributed by atoms with Crippen molar-refractivity contribution in [2.45, 2.75) is 58.4 Å². The predicted octanol–water partition coefficient (Wildman–Crippen LogP) is 2.17. The molecule has 0 aromatic carbocycles. The number of ether oxygens (including phenoxy) is 1. The molecule has 0 radical (unpaired) electrons.